The maximum atomic E-state index is 14.2. The van der Waals surface area contributed by atoms with E-state index in [1.165, 1.54) is 13.3 Å². The third-order valence-electron chi connectivity index (χ3n) is 4.38. The Kier molecular flexibility index (Phi) is 5.57. The van der Waals surface area contributed by atoms with Crippen LogP contribution >= 0.6 is 0 Å². The molecule has 0 aliphatic carbocycles. The van der Waals surface area contributed by atoms with Crippen molar-refractivity contribution in [1.82, 2.24) is 25.1 Å². The summed E-state index contributed by atoms with van der Waals surface area (Å²) in [6, 6.07) is 4.60. The molecule has 0 bridgehead atoms. The molecular weight excluding hydrogens is 446 g/mol. The van der Waals surface area contributed by atoms with Crippen LogP contribution in [0.4, 0.5) is 14.6 Å². The number of nitrogens with one attached hydrogen (secondary N) is 2. The number of anilines is 1. The molecule has 0 saturated carbocycles. The second-order valence-electron chi connectivity index (χ2n) is 6.57. The fraction of sp³-hybridized carbons (Fsp3) is 0.158. The Morgan fingerprint density at radius 2 is 1.97 bits per heavy atom. The smallest absolute Gasteiger partial charge is 0.268 e. The molecule has 4 rings (SSSR count). The summed E-state index contributed by atoms with van der Waals surface area (Å²) in [7, 11) is -3.13. The lowest BCUT2D eigenvalue weighted by Crippen LogP contribution is -2.17. The number of sulfonamides is 1. The monoisotopic (exact) mass is 462 g/mol. The van der Waals surface area contributed by atoms with E-state index in [0.29, 0.717) is 11.4 Å². The molecule has 0 aliphatic heterocycles. The molecule has 0 aromatic carbocycles. The van der Waals surface area contributed by atoms with Crippen molar-refractivity contribution in [3.8, 4) is 11.6 Å². The first-order chi connectivity index (χ1) is 15.3. The van der Waals surface area contributed by atoms with Crippen LogP contribution in [0.25, 0.3) is 11.0 Å². The van der Waals surface area contributed by atoms with Crippen LogP contribution in [-0.4, -0.2) is 40.7 Å². The maximum absolute atomic E-state index is 14.2. The van der Waals surface area contributed by atoms with Crippen LogP contribution < -0.4 is 14.2 Å². The van der Waals surface area contributed by atoms with Crippen molar-refractivity contribution in [3.63, 3.8) is 0 Å². The quantitative estimate of drug-likeness (QED) is 0.429. The second-order valence-corrected chi connectivity index (χ2v) is 8.22. The molecule has 2 N–H and O–H groups in total. The highest BCUT2D eigenvalue weighted by atomic mass is 32.2. The van der Waals surface area contributed by atoms with Crippen molar-refractivity contribution in [1.29, 1.82) is 0 Å². The van der Waals surface area contributed by atoms with Gasteiger partial charge in [0.15, 0.2) is 10.5 Å². The Bertz CT molecular complexity index is 1410. The Hall–Kier alpha value is -3.87. The fourth-order valence-electron chi connectivity index (χ4n) is 2.82. The summed E-state index contributed by atoms with van der Waals surface area (Å²) < 4.78 is 65.7. The van der Waals surface area contributed by atoms with E-state index in [1.54, 1.807) is 6.07 Å². The lowest BCUT2D eigenvalue weighted by Gasteiger charge is -2.12. The highest BCUT2D eigenvalue weighted by Crippen LogP contribution is 2.25. The Balaban J connectivity index is 1.55. The summed E-state index contributed by atoms with van der Waals surface area (Å²) >= 11 is 0. The van der Waals surface area contributed by atoms with Crippen molar-refractivity contribution in [2.75, 3.05) is 11.8 Å². The van der Waals surface area contributed by atoms with Crippen LogP contribution in [-0.2, 0) is 16.6 Å². The van der Waals surface area contributed by atoms with E-state index in [0.717, 1.165) is 35.5 Å². The molecule has 0 fully saturated rings. The molecule has 0 amide bonds. The summed E-state index contributed by atoms with van der Waals surface area (Å²) in [6.07, 6.45) is 2.25. The number of hydrogen-bond acceptors (Lipinski definition) is 8. The molecule has 0 aliphatic rings. The summed E-state index contributed by atoms with van der Waals surface area (Å²) in [5.74, 6) is -1.72. The van der Waals surface area contributed by atoms with E-state index in [2.05, 4.69) is 29.9 Å². The van der Waals surface area contributed by atoms with Crippen LogP contribution in [0.15, 0.2) is 41.6 Å². The highest BCUT2D eigenvalue weighted by Gasteiger charge is 2.23. The minimum atomic E-state index is -4.32. The number of aryl methyl sites for hydroxylation is 1. The molecule has 0 radical (unpaired) electrons. The number of rotatable bonds is 7. The van der Waals surface area contributed by atoms with Gasteiger partial charge < -0.3 is 9.47 Å². The Morgan fingerprint density at radius 1 is 1.16 bits per heavy atom. The van der Waals surface area contributed by atoms with Crippen LogP contribution in [0.2, 0.25) is 0 Å². The van der Waals surface area contributed by atoms with Crippen molar-refractivity contribution in [2.24, 2.45) is 0 Å². The van der Waals surface area contributed by atoms with Crippen molar-refractivity contribution >= 4 is 26.9 Å². The van der Waals surface area contributed by atoms with Gasteiger partial charge in [0.25, 0.3) is 10.0 Å². The lowest BCUT2D eigenvalue weighted by molar-refractivity contribution is 0.293. The second kappa shape index (κ2) is 8.34. The molecule has 4 aromatic rings. The number of aromatic nitrogens is 5. The largest absolute Gasteiger partial charge is 0.486 e. The van der Waals surface area contributed by atoms with Gasteiger partial charge in [-0.05, 0) is 25.1 Å². The number of aromatic amines is 1. The number of hydrogen-bond donors (Lipinski definition) is 2. The van der Waals surface area contributed by atoms with Crippen LogP contribution in [0.1, 0.15) is 11.4 Å². The van der Waals surface area contributed by atoms with E-state index < -0.39 is 26.6 Å². The predicted octanol–water partition coefficient (Wildman–Crippen LogP) is 2.72. The van der Waals surface area contributed by atoms with Gasteiger partial charge in [0.2, 0.25) is 5.88 Å². The number of nitrogens with zero attached hydrogens (tertiary/aromatic N) is 4. The number of ether oxygens (including phenoxy) is 2. The average Bonchev–Trinajstić information content (AvgIpc) is 3.14. The van der Waals surface area contributed by atoms with Gasteiger partial charge in [0.1, 0.15) is 35.5 Å². The molecule has 4 heterocycles. The van der Waals surface area contributed by atoms with Gasteiger partial charge in [-0.15, -0.1) is 0 Å². The summed E-state index contributed by atoms with van der Waals surface area (Å²) in [4.78, 5) is 11.2. The summed E-state index contributed by atoms with van der Waals surface area (Å²) in [5, 5.41) is 7.56. The van der Waals surface area contributed by atoms with E-state index in [4.69, 9.17) is 9.47 Å². The zero-order valence-corrected chi connectivity index (χ0v) is 17.6. The molecular formula is C19H16F2N6O4S. The SMILES string of the molecule is COc1ncc(F)cc1S(=O)(=O)Nc1ccc(F)c(COc2cnc3n[nH]c(C)c3c2)n1. The standard InChI is InChI=1S/C19H16F2N6O4S/c1-10-13-6-12(8-22-18(13)26-25-10)31-9-15-14(21)3-4-17(24-15)27-32(28,29)16-5-11(20)7-23-19(16)30-2/h3-8H,9H2,1-2H3,(H,24,27)(H,22,25,26). The number of halogens is 2. The van der Waals surface area contributed by atoms with E-state index in [1.807, 2.05) is 6.92 Å². The highest BCUT2D eigenvalue weighted by molar-refractivity contribution is 7.92. The summed E-state index contributed by atoms with van der Waals surface area (Å²) in [5.41, 5.74) is 1.15. The molecule has 32 heavy (non-hydrogen) atoms. The van der Waals surface area contributed by atoms with Gasteiger partial charge >= 0.3 is 0 Å². The van der Waals surface area contributed by atoms with Crippen LogP contribution in [0.3, 0.4) is 0 Å². The van der Waals surface area contributed by atoms with Gasteiger partial charge in [0.05, 0.1) is 19.5 Å². The van der Waals surface area contributed by atoms with E-state index in [9.17, 15) is 17.2 Å². The topological polar surface area (TPSA) is 132 Å². The first-order valence-corrected chi connectivity index (χ1v) is 10.6. The van der Waals surface area contributed by atoms with Crippen LogP contribution in [0.5, 0.6) is 11.6 Å². The van der Waals surface area contributed by atoms with Crippen molar-refractivity contribution in [2.45, 2.75) is 18.4 Å². The molecule has 10 nitrogen and oxygen atoms in total. The summed E-state index contributed by atoms with van der Waals surface area (Å²) in [6.45, 7) is 1.52. The van der Waals surface area contributed by atoms with Crippen molar-refractivity contribution < 1.29 is 26.7 Å². The Labute approximate surface area is 180 Å². The normalized spacial score (nSPS) is 11.5. The predicted molar refractivity (Wildman–Crippen MR) is 109 cm³/mol. The van der Waals surface area contributed by atoms with Crippen LogP contribution in [0, 0.1) is 18.6 Å². The molecule has 4 aromatic heterocycles. The van der Waals surface area contributed by atoms with Gasteiger partial charge in [-0.2, -0.15) is 5.10 Å². The van der Waals surface area contributed by atoms with Gasteiger partial charge in [-0.3, -0.25) is 9.82 Å². The first kappa shape index (κ1) is 21.4. The molecule has 0 atom stereocenters. The van der Waals surface area contributed by atoms with Crippen molar-refractivity contribution in [3.05, 3.63) is 59.7 Å². The minimum Gasteiger partial charge on any atom is -0.486 e. The van der Waals surface area contributed by atoms with E-state index in [-0.39, 0.29) is 24.0 Å². The fourth-order valence-corrected chi connectivity index (χ4v) is 3.95. The Morgan fingerprint density at radius 3 is 2.75 bits per heavy atom. The van der Waals surface area contributed by atoms with Gasteiger partial charge in [-0.25, -0.2) is 32.2 Å². The third-order valence-corrected chi connectivity index (χ3v) is 5.73. The third kappa shape index (κ3) is 4.27. The zero-order valence-electron chi connectivity index (χ0n) is 16.8. The molecule has 13 heteroatoms. The van der Waals surface area contributed by atoms with Gasteiger partial charge in [0, 0.05) is 17.1 Å². The number of methoxy groups -OCH3 is 1. The number of fused-ring (bicyclic) bond motifs is 1. The zero-order chi connectivity index (χ0) is 22.9. The molecule has 0 spiro atoms. The lowest BCUT2D eigenvalue weighted by atomic mass is 10.3. The number of pyridine rings is 3. The van der Waals surface area contributed by atoms with E-state index >= 15 is 0 Å². The molecule has 0 saturated heterocycles. The minimum absolute atomic E-state index is 0.154. The van der Waals surface area contributed by atoms with Gasteiger partial charge in [-0.1, -0.05) is 0 Å². The average molecular weight is 462 g/mol. The first-order valence-electron chi connectivity index (χ1n) is 9.08. The number of H-pyrrole nitrogens is 1. The molecule has 0 unspecified atom stereocenters. The maximum Gasteiger partial charge on any atom is 0.268 e. The molecule has 166 valence electrons.